The molecule has 0 bridgehead atoms. The van der Waals surface area contributed by atoms with Crippen molar-refractivity contribution in [3.8, 4) is 5.75 Å². The molecule has 2 amide bonds. The van der Waals surface area contributed by atoms with Crippen LogP contribution in [-0.4, -0.2) is 39.4 Å². The molecule has 128 valence electrons. The number of hydrogen-bond donors (Lipinski definition) is 1. The first-order valence-corrected chi connectivity index (χ1v) is 8.28. The zero-order chi connectivity index (χ0) is 16.9. The number of carbonyl (C=O) groups is 1. The van der Waals surface area contributed by atoms with Crippen molar-refractivity contribution in [2.45, 2.75) is 38.9 Å². The highest BCUT2D eigenvalue weighted by Crippen LogP contribution is 2.33. The molecule has 3 rings (SSSR count). The summed E-state index contributed by atoms with van der Waals surface area (Å²) < 4.78 is 7.22. The lowest BCUT2D eigenvalue weighted by molar-refractivity contribution is 0.192. The summed E-state index contributed by atoms with van der Waals surface area (Å²) in [6.45, 7) is 3.95. The number of urea groups is 1. The van der Waals surface area contributed by atoms with E-state index in [-0.39, 0.29) is 12.1 Å². The topological polar surface area (TPSA) is 72.3 Å². The van der Waals surface area contributed by atoms with Crippen molar-refractivity contribution in [1.82, 2.24) is 25.0 Å². The molecule has 0 saturated carbocycles. The fraction of sp³-hybridized carbons (Fsp3) is 0.471. The number of hydrogen-bond acceptors (Lipinski definition) is 4. The molecule has 1 aromatic heterocycles. The van der Waals surface area contributed by atoms with E-state index in [0.717, 1.165) is 43.1 Å². The monoisotopic (exact) mass is 329 g/mol. The summed E-state index contributed by atoms with van der Waals surface area (Å²) in [7, 11) is 1.65. The molecule has 1 saturated heterocycles. The summed E-state index contributed by atoms with van der Waals surface area (Å²) in [5, 5.41) is 10.9. The number of ether oxygens (including phenoxy) is 1. The molecule has 7 heteroatoms. The average molecular weight is 329 g/mol. The molecule has 1 N–H and O–H groups in total. The van der Waals surface area contributed by atoms with E-state index in [2.05, 4.69) is 15.5 Å². The fourth-order valence-electron chi connectivity index (χ4n) is 3.14. The fourth-order valence-corrected chi connectivity index (χ4v) is 3.14. The van der Waals surface area contributed by atoms with Crippen LogP contribution in [0, 0.1) is 0 Å². The third kappa shape index (κ3) is 3.34. The van der Waals surface area contributed by atoms with Crippen LogP contribution in [0.25, 0.3) is 0 Å². The van der Waals surface area contributed by atoms with Crippen LogP contribution in [0.15, 0.2) is 30.6 Å². The van der Waals surface area contributed by atoms with Crippen LogP contribution in [0.3, 0.4) is 0 Å². The Morgan fingerprint density at radius 1 is 1.46 bits per heavy atom. The molecule has 1 atom stereocenters. The first-order chi connectivity index (χ1) is 11.7. The Kier molecular flexibility index (Phi) is 4.98. The Hall–Kier alpha value is -2.57. The lowest BCUT2D eigenvalue weighted by Gasteiger charge is -2.25. The van der Waals surface area contributed by atoms with Crippen molar-refractivity contribution in [2.75, 3.05) is 13.7 Å². The minimum Gasteiger partial charge on any atom is -0.497 e. The molecule has 1 fully saturated rings. The molecule has 2 aromatic rings. The highest BCUT2D eigenvalue weighted by Gasteiger charge is 2.30. The van der Waals surface area contributed by atoms with Gasteiger partial charge in [-0.05, 0) is 37.5 Å². The van der Waals surface area contributed by atoms with E-state index >= 15 is 0 Å². The van der Waals surface area contributed by atoms with Gasteiger partial charge < -0.3 is 19.5 Å². The maximum Gasteiger partial charge on any atom is 0.318 e. The van der Waals surface area contributed by atoms with Gasteiger partial charge in [-0.25, -0.2) is 4.79 Å². The maximum absolute atomic E-state index is 12.6. The number of amides is 2. The second kappa shape index (κ2) is 7.33. The van der Waals surface area contributed by atoms with E-state index < -0.39 is 0 Å². The Morgan fingerprint density at radius 3 is 3.12 bits per heavy atom. The Bertz CT molecular complexity index is 700. The minimum atomic E-state index is -0.0639. The van der Waals surface area contributed by atoms with Crippen LogP contribution in [0.4, 0.5) is 4.79 Å². The predicted octanol–water partition coefficient (Wildman–Crippen LogP) is 2.35. The van der Waals surface area contributed by atoms with Crippen LogP contribution in [0.1, 0.15) is 37.2 Å². The number of carbonyl (C=O) groups excluding carboxylic acids is 1. The number of benzene rings is 1. The normalized spacial score (nSPS) is 17.1. The molecular formula is C17H23N5O2. The third-order valence-corrected chi connectivity index (χ3v) is 4.43. The van der Waals surface area contributed by atoms with Crippen molar-refractivity contribution in [3.63, 3.8) is 0 Å². The van der Waals surface area contributed by atoms with Gasteiger partial charge in [0.25, 0.3) is 0 Å². The van der Waals surface area contributed by atoms with Gasteiger partial charge in [-0.15, -0.1) is 10.2 Å². The van der Waals surface area contributed by atoms with Crippen molar-refractivity contribution >= 4 is 6.03 Å². The van der Waals surface area contributed by atoms with Crippen LogP contribution in [0.2, 0.25) is 0 Å². The third-order valence-electron chi connectivity index (χ3n) is 4.43. The largest absolute Gasteiger partial charge is 0.497 e. The Labute approximate surface area is 141 Å². The molecule has 0 spiro atoms. The smallest absolute Gasteiger partial charge is 0.318 e. The highest BCUT2D eigenvalue weighted by molar-refractivity contribution is 5.75. The molecule has 1 aliphatic rings. The van der Waals surface area contributed by atoms with Crippen LogP contribution >= 0.6 is 0 Å². The summed E-state index contributed by atoms with van der Waals surface area (Å²) in [5.41, 5.74) is 1.11. The number of likely N-dealkylation sites (tertiary alicyclic amines) is 1. The van der Waals surface area contributed by atoms with E-state index in [1.165, 1.54) is 0 Å². The van der Waals surface area contributed by atoms with Gasteiger partial charge in [0.15, 0.2) is 5.82 Å². The van der Waals surface area contributed by atoms with Gasteiger partial charge in [0, 0.05) is 13.1 Å². The molecule has 0 unspecified atom stereocenters. The van der Waals surface area contributed by atoms with E-state index in [9.17, 15) is 4.79 Å². The van der Waals surface area contributed by atoms with Gasteiger partial charge in [-0.1, -0.05) is 12.1 Å². The molecule has 1 aliphatic heterocycles. The number of nitrogens with zero attached hydrogens (tertiary/aromatic N) is 4. The van der Waals surface area contributed by atoms with Crippen molar-refractivity contribution in [1.29, 1.82) is 0 Å². The molecule has 7 nitrogen and oxygen atoms in total. The lowest BCUT2D eigenvalue weighted by atomic mass is 10.0. The molecule has 0 radical (unpaired) electrons. The van der Waals surface area contributed by atoms with Gasteiger partial charge in [-0.2, -0.15) is 0 Å². The zero-order valence-electron chi connectivity index (χ0n) is 14.1. The number of methoxy groups -OCH3 is 1. The summed E-state index contributed by atoms with van der Waals surface area (Å²) in [6, 6.07) is 7.96. The first-order valence-electron chi connectivity index (χ1n) is 8.28. The minimum absolute atomic E-state index is 0.0639. The SMILES string of the molecule is CCn1cnnc1CNC(=O)N1CCC[C@@H]1c1cccc(OC)c1. The quantitative estimate of drug-likeness (QED) is 0.914. The maximum atomic E-state index is 12.6. The Balaban J connectivity index is 1.67. The summed E-state index contributed by atoms with van der Waals surface area (Å²) in [5.74, 6) is 1.58. The lowest BCUT2D eigenvalue weighted by Crippen LogP contribution is -2.39. The molecule has 24 heavy (non-hydrogen) atoms. The van der Waals surface area contributed by atoms with Gasteiger partial charge in [0.1, 0.15) is 12.1 Å². The number of rotatable bonds is 5. The van der Waals surface area contributed by atoms with Crippen molar-refractivity contribution < 1.29 is 9.53 Å². The van der Waals surface area contributed by atoms with E-state index in [1.807, 2.05) is 40.7 Å². The summed E-state index contributed by atoms with van der Waals surface area (Å²) in [4.78, 5) is 14.5. The van der Waals surface area contributed by atoms with Gasteiger partial charge >= 0.3 is 6.03 Å². The molecule has 1 aromatic carbocycles. The Morgan fingerprint density at radius 2 is 2.33 bits per heavy atom. The summed E-state index contributed by atoms with van der Waals surface area (Å²) in [6.07, 6.45) is 3.64. The second-order valence-corrected chi connectivity index (χ2v) is 5.82. The van der Waals surface area contributed by atoms with E-state index in [0.29, 0.717) is 6.54 Å². The highest BCUT2D eigenvalue weighted by atomic mass is 16.5. The second-order valence-electron chi connectivity index (χ2n) is 5.82. The number of nitrogens with one attached hydrogen (secondary N) is 1. The van der Waals surface area contributed by atoms with E-state index in [1.54, 1.807) is 13.4 Å². The van der Waals surface area contributed by atoms with Gasteiger partial charge in [-0.3, -0.25) is 0 Å². The average Bonchev–Trinajstić information content (AvgIpc) is 3.28. The van der Waals surface area contributed by atoms with Gasteiger partial charge in [0.05, 0.1) is 19.7 Å². The molecular weight excluding hydrogens is 306 g/mol. The number of aromatic nitrogens is 3. The zero-order valence-corrected chi connectivity index (χ0v) is 14.1. The predicted molar refractivity (Wildman–Crippen MR) is 89.6 cm³/mol. The first kappa shape index (κ1) is 16.3. The summed E-state index contributed by atoms with van der Waals surface area (Å²) >= 11 is 0. The molecule has 0 aliphatic carbocycles. The number of aryl methyl sites for hydroxylation is 1. The van der Waals surface area contributed by atoms with Crippen LogP contribution in [0.5, 0.6) is 5.75 Å². The van der Waals surface area contributed by atoms with Crippen LogP contribution < -0.4 is 10.1 Å². The van der Waals surface area contributed by atoms with Gasteiger partial charge in [0.2, 0.25) is 0 Å². The molecule has 2 heterocycles. The van der Waals surface area contributed by atoms with Crippen molar-refractivity contribution in [2.24, 2.45) is 0 Å². The van der Waals surface area contributed by atoms with Crippen LogP contribution in [-0.2, 0) is 13.1 Å². The van der Waals surface area contributed by atoms with Crippen molar-refractivity contribution in [3.05, 3.63) is 42.0 Å². The van der Waals surface area contributed by atoms with E-state index in [4.69, 9.17) is 4.74 Å². The standard InChI is InChI=1S/C17H23N5O2/c1-3-21-12-19-20-16(21)11-18-17(23)22-9-5-8-15(22)13-6-4-7-14(10-13)24-2/h4,6-7,10,12,15H,3,5,8-9,11H2,1-2H3,(H,18,23)/t15-/m1/s1.